The van der Waals surface area contributed by atoms with Gasteiger partial charge in [-0.05, 0) is 31.4 Å². The zero-order valence-electron chi connectivity index (χ0n) is 11.4. The summed E-state index contributed by atoms with van der Waals surface area (Å²) in [5, 5.41) is 0.278. The average molecular weight is 339 g/mol. The fraction of sp³-hybridized carbons (Fsp3) is 0.538. The van der Waals surface area contributed by atoms with Crippen LogP contribution in [0.2, 0.25) is 5.02 Å². The topological polar surface area (TPSA) is 72.2 Å². The molecule has 0 saturated heterocycles. The van der Waals surface area contributed by atoms with E-state index in [-0.39, 0.29) is 22.3 Å². The Hall–Kier alpha value is -0.330. The quantitative estimate of drug-likeness (QED) is 0.886. The monoisotopic (exact) mass is 338 g/mol. The van der Waals surface area contributed by atoms with Crippen LogP contribution < -0.4 is 10.5 Å². The molecular weight excluding hydrogens is 319 g/mol. The van der Waals surface area contributed by atoms with Crippen molar-refractivity contribution >= 4 is 34.0 Å². The van der Waals surface area contributed by atoms with Crippen molar-refractivity contribution in [2.24, 2.45) is 5.73 Å². The third-order valence-electron chi connectivity index (χ3n) is 3.75. The SMILES string of the molecule is Cc1cccc(S(=O)(=O)NC2(CN)CCCC2)c1Cl.Cl. The molecular formula is C13H20Cl2N2O2S. The second kappa shape index (κ2) is 6.62. The van der Waals surface area contributed by atoms with Crippen molar-refractivity contribution in [3.05, 3.63) is 28.8 Å². The lowest BCUT2D eigenvalue weighted by molar-refractivity contribution is 0.399. The van der Waals surface area contributed by atoms with Gasteiger partial charge < -0.3 is 5.73 Å². The van der Waals surface area contributed by atoms with E-state index in [9.17, 15) is 8.42 Å². The summed E-state index contributed by atoms with van der Waals surface area (Å²) in [5.74, 6) is 0. The van der Waals surface area contributed by atoms with Gasteiger partial charge in [0, 0.05) is 12.1 Å². The van der Waals surface area contributed by atoms with E-state index in [0.29, 0.717) is 6.54 Å². The van der Waals surface area contributed by atoms with E-state index in [0.717, 1.165) is 31.2 Å². The van der Waals surface area contributed by atoms with Crippen molar-refractivity contribution in [3.8, 4) is 0 Å². The molecule has 2 rings (SSSR count). The number of nitrogens with one attached hydrogen (secondary N) is 1. The van der Waals surface area contributed by atoms with Gasteiger partial charge in [0.2, 0.25) is 10.0 Å². The Morgan fingerprint density at radius 3 is 2.50 bits per heavy atom. The molecule has 0 aromatic heterocycles. The molecule has 1 aromatic rings. The molecule has 1 aliphatic rings. The Morgan fingerprint density at radius 1 is 1.35 bits per heavy atom. The number of sulfonamides is 1. The zero-order valence-corrected chi connectivity index (χ0v) is 13.7. The largest absolute Gasteiger partial charge is 0.329 e. The molecule has 7 heteroatoms. The van der Waals surface area contributed by atoms with Crippen LogP contribution in [0, 0.1) is 6.92 Å². The Bertz CT molecular complexity index is 570. The highest BCUT2D eigenvalue weighted by Crippen LogP contribution is 2.32. The first-order valence-corrected chi connectivity index (χ1v) is 8.25. The van der Waals surface area contributed by atoms with Gasteiger partial charge in [-0.2, -0.15) is 0 Å². The highest BCUT2D eigenvalue weighted by atomic mass is 35.5. The molecule has 1 aliphatic carbocycles. The molecule has 0 amide bonds. The van der Waals surface area contributed by atoms with Crippen molar-refractivity contribution in [2.75, 3.05) is 6.54 Å². The van der Waals surface area contributed by atoms with Gasteiger partial charge in [-0.25, -0.2) is 13.1 Å². The maximum atomic E-state index is 12.5. The number of halogens is 2. The molecule has 0 aliphatic heterocycles. The summed E-state index contributed by atoms with van der Waals surface area (Å²) in [6.45, 7) is 2.10. The van der Waals surface area contributed by atoms with Crippen LogP contribution >= 0.6 is 24.0 Å². The molecule has 0 unspecified atom stereocenters. The molecule has 0 radical (unpaired) electrons. The lowest BCUT2D eigenvalue weighted by Gasteiger charge is -2.28. The van der Waals surface area contributed by atoms with Crippen molar-refractivity contribution in [3.63, 3.8) is 0 Å². The number of nitrogens with two attached hydrogens (primary N) is 1. The Labute approximate surface area is 131 Å². The van der Waals surface area contributed by atoms with Crippen molar-refractivity contribution < 1.29 is 8.42 Å². The van der Waals surface area contributed by atoms with Crippen LogP contribution in [0.4, 0.5) is 0 Å². The molecule has 1 aromatic carbocycles. The normalized spacial score (nSPS) is 17.8. The predicted octanol–water partition coefficient (Wildman–Crippen LogP) is 2.62. The molecule has 1 fully saturated rings. The number of rotatable bonds is 4. The summed E-state index contributed by atoms with van der Waals surface area (Å²) in [6, 6.07) is 5.01. The fourth-order valence-electron chi connectivity index (χ4n) is 2.57. The molecule has 1 saturated carbocycles. The van der Waals surface area contributed by atoms with E-state index in [1.54, 1.807) is 19.1 Å². The molecule has 0 bridgehead atoms. The minimum absolute atomic E-state index is 0. The second-order valence-electron chi connectivity index (χ2n) is 5.18. The molecule has 3 N–H and O–H groups in total. The van der Waals surface area contributed by atoms with E-state index in [1.165, 1.54) is 6.07 Å². The predicted molar refractivity (Wildman–Crippen MR) is 84.0 cm³/mol. The van der Waals surface area contributed by atoms with Gasteiger partial charge in [-0.1, -0.05) is 36.6 Å². The van der Waals surface area contributed by atoms with Crippen LogP contribution in [-0.2, 0) is 10.0 Å². The first-order chi connectivity index (χ1) is 8.90. The average Bonchev–Trinajstić information content (AvgIpc) is 2.81. The van der Waals surface area contributed by atoms with Gasteiger partial charge in [0.1, 0.15) is 4.90 Å². The lowest BCUT2D eigenvalue weighted by atomic mass is 10.0. The van der Waals surface area contributed by atoms with Crippen molar-refractivity contribution in [1.29, 1.82) is 0 Å². The first-order valence-electron chi connectivity index (χ1n) is 6.39. The minimum atomic E-state index is -3.63. The summed E-state index contributed by atoms with van der Waals surface area (Å²) >= 11 is 6.10. The van der Waals surface area contributed by atoms with Gasteiger partial charge in [0.15, 0.2) is 0 Å². The third kappa shape index (κ3) is 3.46. The molecule has 0 heterocycles. The Balaban J connectivity index is 0.00000200. The smallest absolute Gasteiger partial charge is 0.242 e. The van der Waals surface area contributed by atoms with Gasteiger partial charge in [0.05, 0.1) is 5.02 Å². The Morgan fingerprint density at radius 2 is 1.95 bits per heavy atom. The Kier molecular flexibility index (Phi) is 5.87. The summed E-state index contributed by atoms with van der Waals surface area (Å²) in [4.78, 5) is 0.133. The summed E-state index contributed by atoms with van der Waals surface area (Å²) in [6.07, 6.45) is 3.57. The molecule has 0 atom stereocenters. The first kappa shape index (κ1) is 17.7. The van der Waals surface area contributed by atoms with Crippen LogP contribution in [0.5, 0.6) is 0 Å². The van der Waals surface area contributed by atoms with Crippen molar-refractivity contribution in [1.82, 2.24) is 4.72 Å². The molecule has 4 nitrogen and oxygen atoms in total. The van der Waals surface area contributed by atoms with Gasteiger partial charge in [-0.3, -0.25) is 0 Å². The highest BCUT2D eigenvalue weighted by Gasteiger charge is 2.37. The lowest BCUT2D eigenvalue weighted by Crippen LogP contribution is -2.51. The van der Waals surface area contributed by atoms with E-state index in [4.69, 9.17) is 17.3 Å². The molecule has 20 heavy (non-hydrogen) atoms. The summed E-state index contributed by atoms with van der Waals surface area (Å²) in [7, 11) is -3.63. The third-order valence-corrected chi connectivity index (χ3v) is 5.98. The van der Waals surface area contributed by atoms with Crippen LogP contribution in [0.25, 0.3) is 0 Å². The van der Waals surface area contributed by atoms with E-state index in [1.807, 2.05) is 0 Å². The number of hydrogen-bond acceptors (Lipinski definition) is 3. The fourth-order valence-corrected chi connectivity index (χ4v) is 4.62. The number of hydrogen-bond donors (Lipinski definition) is 2. The van der Waals surface area contributed by atoms with Crippen LogP contribution in [0.1, 0.15) is 31.2 Å². The molecule has 0 spiro atoms. The number of aryl methyl sites for hydroxylation is 1. The maximum absolute atomic E-state index is 12.5. The van der Waals surface area contributed by atoms with Crippen LogP contribution in [0.15, 0.2) is 23.1 Å². The molecule has 114 valence electrons. The summed E-state index contributed by atoms with van der Waals surface area (Å²) in [5.41, 5.74) is 6.00. The number of benzene rings is 1. The second-order valence-corrected chi connectivity index (χ2v) is 7.21. The van der Waals surface area contributed by atoms with Gasteiger partial charge in [0.25, 0.3) is 0 Å². The van der Waals surface area contributed by atoms with E-state index in [2.05, 4.69) is 4.72 Å². The summed E-state index contributed by atoms with van der Waals surface area (Å²) < 4.78 is 27.7. The van der Waals surface area contributed by atoms with Gasteiger partial charge >= 0.3 is 0 Å². The maximum Gasteiger partial charge on any atom is 0.242 e. The minimum Gasteiger partial charge on any atom is -0.329 e. The zero-order chi connectivity index (χ0) is 14.1. The highest BCUT2D eigenvalue weighted by molar-refractivity contribution is 7.89. The van der Waals surface area contributed by atoms with Crippen molar-refractivity contribution in [2.45, 2.75) is 43.0 Å². The van der Waals surface area contributed by atoms with Crippen LogP contribution in [-0.4, -0.2) is 20.5 Å². The standard InChI is InChI=1S/C13H19ClN2O2S.ClH/c1-10-5-4-6-11(12(10)14)19(17,18)16-13(9-15)7-2-3-8-13;/h4-6,16H,2-3,7-9,15H2,1H3;1H. The van der Waals surface area contributed by atoms with E-state index < -0.39 is 15.6 Å². The van der Waals surface area contributed by atoms with E-state index >= 15 is 0 Å². The van der Waals surface area contributed by atoms with Gasteiger partial charge in [-0.15, -0.1) is 12.4 Å². The van der Waals surface area contributed by atoms with Crippen LogP contribution in [0.3, 0.4) is 0 Å².